The standard InChI is InChI=1S/C16H21F3O5S/c1-5-8-15(2,3)10-12-9-11(14(20)23-4)6-7-13(12)24-25(21,22)16(17,18)19/h6-7,9H,5,8,10H2,1-4H3. The van der Waals surface area contributed by atoms with E-state index in [0.717, 1.165) is 25.0 Å². The number of ether oxygens (including phenoxy) is 1. The van der Waals surface area contributed by atoms with Gasteiger partial charge in [-0.1, -0.05) is 27.2 Å². The molecule has 0 atom stereocenters. The van der Waals surface area contributed by atoms with E-state index in [1.807, 2.05) is 20.8 Å². The van der Waals surface area contributed by atoms with Crippen molar-refractivity contribution in [1.29, 1.82) is 0 Å². The van der Waals surface area contributed by atoms with Gasteiger partial charge in [-0.3, -0.25) is 0 Å². The highest BCUT2D eigenvalue weighted by Gasteiger charge is 2.48. The zero-order valence-corrected chi connectivity index (χ0v) is 15.3. The number of hydrogen-bond acceptors (Lipinski definition) is 5. The van der Waals surface area contributed by atoms with Gasteiger partial charge in [-0.15, -0.1) is 0 Å². The van der Waals surface area contributed by atoms with Crippen LogP contribution in [0.3, 0.4) is 0 Å². The molecular formula is C16H21F3O5S. The van der Waals surface area contributed by atoms with Crippen LogP contribution in [0.25, 0.3) is 0 Å². The zero-order chi connectivity index (χ0) is 19.5. The van der Waals surface area contributed by atoms with E-state index in [1.165, 1.54) is 13.2 Å². The summed E-state index contributed by atoms with van der Waals surface area (Å²) in [5.74, 6) is -1.13. The molecular weight excluding hydrogens is 361 g/mol. The predicted octanol–water partition coefficient (Wildman–Crippen LogP) is 4.07. The third-order valence-corrected chi connectivity index (χ3v) is 4.53. The molecule has 1 aromatic rings. The molecule has 0 N–H and O–H groups in total. The Bertz CT molecular complexity index is 724. The maximum Gasteiger partial charge on any atom is 0.534 e. The van der Waals surface area contributed by atoms with Crippen LogP contribution in [-0.4, -0.2) is 27.0 Å². The lowest BCUT2D eigenvalue weighted by atomic mass is 9.81. The van der Waals surface area contributed by atoms with Crippen LogP contribution in [0.15, 0.2) is 18.2 Å². The van der Waals surface area contributed by atoms with E-state index in [0.29, 0.717) is 0 Å². The predicted molar refractivity (Wildman–Crippen MR) is 85.8 cm³/mol. The van der Waals surface area contributed by atoms with Gasteiger partial charge in [0.05, 0.1) is 12.7 Å². The van der Waals surface area contributed by atoms with Gasteiger partial charge in [0.15, 0.2) is 0 Å². The summed E-state index contributed by atoms with van der Waals surface area (Å²) in [5, 5.41) is 0. The van der Waals surface area contributed by atoms with Crippen molar-refractivity contribution >= 4 is 16.1 Å². The maximum absolute atomic E-state index is 12.6. The smallest absolute Gasteiger partial charge is 0.465 e. The second-order valence-corrected chi connectivity index (χ2v) is 7.93. The van der Waals surface area contributed by atoms with Gasteiger partial charge in [-0.2, -0.15) is 21.6 Å². The van der Waals surface area contributed by atoms with Crippen LogP contribution < -0.4 is 4.18 Å². The first-order chi connectivity index (χ1) is 11.3. The van der Waals surface area contributed by atoms with Crippen molar-refractivity contribution < 1.29 is 35.3 Å². The molecule has 0 saturated heterocycles. The molecule has 1 rings (SSSR count). The molecule has 0 fully saturated rings. The minimum Gasteiger partial charge on any atom is -0.465 e. The number of carbonyl (C=O) groups excluding carboxylic acids is 1. The SMILES string of the molecule is CCCC(C)(C)Cc1cc(C(=O)OC)ccc1OS(=O)(=O)C(F)(F)F. The third-order valence-electron chi connectivity index (χ3n) is 3.56. The first-order valence-electron chi connectivity index (χ1n) is 7.55. The van der Waals surface area contributed by atoms with E-state index >= 15 is 0 Å². The van der Waals surface area contributed by atoms with Crippen LogP contribution in [0, 0.1) is 5.41 Å². The number of esters is 1. The van der Waals surface area contributed by atoms with Crippen LogP contribution in [0.4, 0.5) is 13.2 Å². The fourth-order valence-corrected chi connectivity index (χ4v) is 2.98. The van der Waals surface area contributed by atoms with Crippen molar-refractivity contribution in [2.75, 3.05) is 7.11 Å². The molecule has 0 bridgehead atoms. The largest absolute Gasteiger partial charge is 0.534 e. The molecule has 0 saturated carbocycles. The monoisotopic (exact) mass is 382 g/mol. The molecule has 0 aliphatic heterocycles. The summed E-state index contributed by atoms with van der Waals surface area (Å²) in [6, 6.07) is 3.49. The Hall–Kier alpha value is -1.77. The molecule has 25 heavy (non-hydrogen) atoms. The van der Waals surface area contributed by atoms with Crippen LogP contribution in [0.1, 0.15) is 49.5 Å². The van der Waals surface area contributed by atoms with Crippen molar-refractivity contribution in [3.05, 3.63) is 29.3 Å². The van der Waals surface area contributed by atoms with E-state index < -0.39 is 27.3 Å². The number of rotatable bonds is 7. The maximum atomic E-state index is 12.6. The van der Waals surface area contributed by atoms with Gasteiger partial charge in [-0.25, -0.2) is 4.79 Å². The highest BCUT2D eigenvalue weighted by molar-refractivity contribution is 7.88. The van der Waals surface area contributed by atoms with E-state index in [2.05, 4.69) is 8.92 Å². The first kappa shape index (κ1) is 21.3. The van der Waals surface area contributed by atoms with Gasteiger partial charge in [0.25, 0.3) is 0 Å². The lowest BCUT2D eigenvalue weighted by Gasteiger charge is -2.25. The van der Waals surface area contributed by atoms with Gasteiger partial charge in [0, 0.05) is 0 Å². The third kappa shape index (κ3) is 5.62. The number of hydrogen-bond donors (Lipinski definition) is 0. The number of methoxy groups -OCH3 is 1. The lowest BCUT2D eigenvalue weighted by molar-refractivity contribution is -0.0500. The van der Waals surface area contributed by atoms with Crippen LogP contribution >= 0.6 is 0 Å². The van der Waals surface area contributed by atoms with Gasteiger partial charge < -0.3 is 8.92 Å². The van der Waals surface area contributed by atoms with Crippen LogP contribution in [0.5, 0.6) is 5.75 Å². The van der Waals surface area contributed by atoms with E-state index in [4.69, 9.17) is 0 Å². The first-order valence-corrected chi connectivity index (χ1v) is 8.96. The second-order valence-electron chi connectivity index (χ2n) is 6.39. The Labute approximate surface area is 145 Å². The summed E-state index contributed by atoms with van der Waals surface area (Å²) >= 11 is 0. The Morgan fingerprint density at radius 2 is 1.80 bits per heavy atom. The minimum atomic E-state index is -5.80. The highest BCUT2D eigenvalue weighted by Crippen LogP contribution is 2.35. The Morgan fingerprint density at radius 1 is 1.20 bits per heavy atom. The topological polar surface area (TPSA) is 69.7 Å². The Morgan fingerprint density at radius 3 is 2.28 bits per heavy atom. The summed E-state index contributed by atoms with van der Waals surface area (Å²) in [4.78, 5) is 11.7. The van der Waals surface area contributed by atoms with Crippen molar-refractivity contribution in [3.8, 4) is 5.75 Å². The summed E-state index contributed by atoms with van der Waals surface area (Å²) < 4.78 is 69.2. The van der Waals surface area contributed by atoms with Gasteiger partial charge in [0.1, 0.15) is 5.75 Å². The van der Waals surface area contributed by atoms with E-state index in [9.17, 15) is 26.4 Å². The lowest BCUT2D eigenvalue weighted by Crippen LogP contribution is -2.28. The number of carbonyl (C=O) groups is 1. The fourth-order valence-electron chi connectivity index (χ4n) is 2.49. The van der Waals surface area contributed by atoms with Crippen LogP contribution in [-0.2, 0) is 21.3 Å². The fraction of sp³-hybridized carbons (Fsp3) is 0.562. The number of alkyl halides is 3. The highest BCUT2D eigenvalue weighted by atomic mass is 32.2. The quantitative estimate of drug-likeness (QED) is 0.404. The Balaban J connectivity index is 3.34. The van der Waals surface area contributed by atoms with E-state index in [-0.39, 0.29) is 23.0 Å². The molecule has 142 valence electrons. The van der Waals surface area contributed by atoms with Gasteiger partial charge in [-0.05, 0) is 42.0 Å². The molecule has 0 aliphatic carbocycles. The molecule has 0 amide bonds. The molecule has 0 radical (unpaired) electrons. The zero-order valence-electron chi connectivity index (χ0n) is 14.4. The molecule has 1 aromatic carbocycles. The summed E-state index contributed by atoms with van der Waals surface area (Å²) in [7, 11) is -4.63. The number of benzene rings is 1. The molecule has 0 aliphatic rings. The Kier molecular flexibility index (Phi) is 6.50. The molecule has 0 aromatic heterocycles. The number of halogens is 3. The average molecular weight is 382 g/mol. The van der Waals surface area contributed by atoms with Gasteiger partial charge in [0.2, 0.25) is 0 Å². The van der Waals surface area contributed by atoms with Crippen molar-refractivity contribution in [1.82, 2.24) is 0 Å². The summed E-state index contributed by atoms with van der Waals surface area (Å²) in [6.45, 7) is 5.74. The molecule has 0 heterocycles. The van der Waals surface area contributed by atoms with Crippen molar-refractivity contribution in [3.63, 3.8) is 0 Å². The van der Waals surface area contributed by atoms with Crippen LogP contribution in [0.2, 0.25) is 0 Å². The summed E-state index contributed by atoms with van der Waals surface area (Å²) in [6.07, 6.45) is 1.82. The molecule has 5 nitrogen and oxygen atoms in total. The molecule has 0 unspecified atom stereocenters. The molecule has 9 heteroatoms. The normalized spacial score (nSPS) is 12.8. The van der Waals surface area contributed by atoms with Crippen molar-refractivity contribution in [2.45, 2.75) is 45.5 Å². The average Bonchev–Trinajstić information content (AvgIpc) is 2.46. The summed E-state index contributed by atoms with van der Waals surface area (Å²) in [5.41, 5.74) is -5.58. The van der Waals surface area contributed by atoms with Gasteiger partial charge >= 0.3 is 21.6 Å². The van der Waals surface area contributed by atoms with E-state index in [1.54, 1.807) is 0 Å². The molecule has 0 spiro atoms. The minimum absolute atomic E-state index is 0.0987. The van der Waals surface area contributed by atoms with Crippen molar-refractivity contribution in [2.24, 2.45) is 5.41 Å². The second kappa shape index (κ2) is 7.63.